The molecule has 21 heavy (non-hydrogen) atoms. The molecule has 0 aromatic heterocycles. The quantitative estimate of drug-likeness (QED) is 0.802. The van der Waals surface area contributed by atoms with Gasteiger partial charge in [-0.1, -0.05) is 55.0 Å². The Bertz CT molecular complexity index is 650. The van der Waals surface area contributed by atoms with Crippen molar-refractivity contribution in [3.8, 4) is 0 Å². The summed E-state index contributed by atoms with van der Waals surface area (Å²) in [4.78, 5) is 4.92. The fourth-order valence-corrected chi connectivity index (χ4v) is 3.58. The fourth-order valence-electron chi connectivity index (χ4n) is 3.58. The van der Waals surface area contributed by atoms with E-state index in [0.717, 1.165) is 24.3 Å². The van der Waals surface area contributed by atoms with Crippen molar-refractivity contribution in [1.82, 2.24) is 0 Å². The predicted molar refractivity (Wildman–Crippen MR) is 84.4 cm³/mol. The minimum Gasteiger partial charge on any atom is -0.464 e. The Morgan fingerprint density at radius 3 is 2.38 bits per heavy atom. The fraction of sp³-hybridized carbons (Fsp3) is 0.316. The van der Waals surface area contributed by atoms with Crippen LogP contribution in [0.25, 0.3) is 0 Å². The van der Waals surface area contributed by atoms with Crippen LogP contribution in [0, 0.1) is 0 Å². The van der Waals surface area contributed by atoms with Gasteiger partial charge in [0.05, 0.1) is 6.04 Å². The third-order valence-corrected chi connectivity index (χ3v) is 4.65. The van der Waals surface area contributed by atoms with Gasteiger partial charge in [-0.3, -0.25) is 0 Å². The number of hydrogen-bond acceptors (Lipinski definition) is 2. The molecule has 2 heteroatoms. The maximum atomic E-state index is 6.48. The maximum Gasteiger partial charge on any atom is 0.217 e. The number of rotatable bonds is 2. The van der Waals surface area contributed by atoms with Gasteiger partial charge in [0.2, 0.25) is 5.90 Å². The molecule has 1 heterocycles. The van der Waals surface area contributed by atoms with Gasteiger partial charge in [0.25, 0.3) is 0 Å². The van der Waals surface area contributed by atoms with E-state index in [4.69, 9.17) is 9.73 Å². The molecular formula is C19H19NO. The van der Waals surface area contributed by atoms with E-state index >= 15 is 0 Å². The molecular weight excluding hydrogens is 258 g/mol. The molecule has 0 N–H and O–H groups in total. The van der Waals surface area contributed by atoms with Crippen LogP contribution in [-0.4, -0.2) is 11.9 Å². The second kappa shape index (κ2) is 5.03. The molecule has 0 spiro atoms. The highest BCUT2D eigenvalue weighted by Gasteiger charge is 2.49. The molecule has 0 radical (unpaired) electrons. The van der Waals surface area contributed by atoms with Crippen molar-refractivity contribution >= 4 is 5.90 Å². The Kier molecular flexibility index (Phi) is 3.03. The Hall–Kier alpha value is -2.09. The minimum atomic E-state index is -0.245. The van der Waals surface area contributed by atoms with E-state index in [1.54, 1.807) is 0 Å². The monoisotopic (exact) mass is 277 g/mol. The van der Waals surface area contributed by atoms with E-state index in [1.807, 2.05) is 18.2 Å². The summed E-state index contributed by atoms with van der Waals surface area (Å²) in [5.41, 5.74) is 2.11. The van der Waals surface area contributed by atoms with E-state index in [-0.39, 0.29) is 11.6 Å². The zero-order valence-corrected chi connectivity index (χ0v) is 12.0. The van der Waals surface area contributed by atoms with E-state index in [1.165, 1.54) is 18.4 Å². The van der Waals surface area contributed by atoms with E-state index < -0.39 is 0 Å². The lowest BCUT2D eigenvalue weighted by atomic mass is 9.76. The zero-order valence-electron chi connectivity index (χ0n) is 12.0. The number of benzene rings is 2. The molecule has 1 aliphatic carbocycles. The Morgan fingerprint density at radius 1 is 0.905 bits per heavy atom. The molecule has 0 unspecified atom stereocenters. The summed E-state index contributed by atoms with van der Waals surface area (Å²) in [7, 11) is 0. The highest BCUT2D eigenvalue weighted by molar-refractivity contribution is 5.95. The number of fused-ring (bicyclic) bond motifs is 1. The largest absolute Gasteiger partial charge is 0.464 e. The Balaban J connectivity index is 1.75. The molecule has 1 aliphatic heterocycles. The van der Waals surface area contributed by atoms with Crippen LogP contribution in [0.3, 0.4) is 0 Å². The summed E-state index contributed by atoms with van der Waals surface area (Å²) in [5, 5.41) is 0. The Morgan fingerprint density at radius 2 is 1.62 bits per heavy atom. The lowest BCUT2D eigenvalue weighted by molar-refractivity contribution is 0.0219. The molecule has 1 fully saturated rings. The second-order valence-corrected chi connectivity index (χ2v) is 5.92. The van der Waals surface area contributed by atoms with Gasteiger partial charge in [0.15, 0.2) is 5.60 Å². The van der Waals surface area contributed by atoms with Crippen LogP contribution in [0.1, 0.15) is 36.8 Å². The molecule has 1 saturated carbocycles. The summed E-state index contributed by atoms with van der Waals surface area (Å²) in [6, 6.07) is 21.1. The van der Waals surface area contributed by atoms with Crippen molar-refractivity contribution in [3.05, 3.63) is 71.8 Å². The first-order chi connectivity index (χ1) is 10.4. The Labute approximate surface area is 125 Å². The maximum absolute atomic E-state index is 6.48. The summed E-state index contributed by atoms with van der Waals surface area (Å²) >= 11 is 0. The molecule has 106 valence electrons. The zero-order chi connectivity index (χ0) is 14.1. The van der Waals surface area contributed by atoms with Gasteiger partial charge in [-0.15, -0.1) is 0 Å². The molecule has 0 saturated heterocycles. The van der Waals surface area contributed by atoms with Crippen molar-refractivity contribution in [2.24, 2.45) is 4.99 Å². The van der Waals surface area contributed by atoms with Gasteiger partial charge in [-0.2, -0.15) is 0 Å². The topological polar surface area (TPSA) is 21.6 Å². The number of ether oxygens (including phenoxy) is 1. The summed E-state index contributed by atoms with van der Waals surface area (Å²) < 4.78 is 6.48. The molecule has 2 aromatic carbocycles. The smallest absolute Gasteiger partial charge is 0.217 e. The first kappa shape index (κ1) is 12.6. The second-order valence-electron chi connectivity index (χ2n) is 5.92. The molecule has 2 atom stereocenters. The highest BCUT2D eigenvalue weighted by atomic mass is 16.5. The van der Waals surface area contributed by atoms with Crippen LogP contribution in [0.2, 0.25) is 0 Å². The van der Waals surface area contributed by atoms with E-state index in [0.29, 0.717) is 0 Å². The minimum absolute atomic E-state index is 0.245. The van der Waals surface area contributed by atoms with Crippen LogP contribution >= 0.6 is 0 Å². The van der Waals surface area contributed by atoms with Gasteiger partial charge in [-0.25, -0.2) is 4.99 Å². The molecule has 4 rings (SSSR count). The summed E-state index contributed by atoms with van der Waals surface area (Å²) in [5.74, 6) is 0.811. The van der Waals surface area contributed by atoms with Crippen LogP contribution in [-0.2, 0) is 10.3 Å². The molecule has 2 aliphatic rings. The van der Waals surface area contributed by atoms with Crippen LogP contribution in [0.5, 0.6) is 0 Å². The summed E-state index contributed by atoms with van der Waals surface area (Å²) in [6.07, 6.45) is 4.63. The van der Waals surface area contributed by atoms with Gasteiger partial charge in [0, 0.05) is 5.56 Å². The van der Waals surface area contributed by atoms with Crippen LogP contribution in [0.4, 0.5) is 0 Å². The lowest BCUT2D eigenvalue weighted by Gasteiger charge is -2.37. The van der Waals surface area contributed by atoms with Crippen LogP contribution < -0.4 is 0 Å². The van der Waals surface area contributed by atoms with Gasteiger partial charge in [-0.05, 0) is 37.0 Å². The number of aliphatic imine (C=N–C) groups is 1. The standard InChI is InChI=1S/C19H19NO/c1-3-9-15(10-4-1)18-20-17-13-7-8-14-19(17,21-18)16-11-5-2-6-12-16/h1-6,9-12,17H,7-8,13-14H2/t17-,19-/m1/s1. The van der Waals surface area contributed by atoms with Crippen molar-refractivity contribution < 1.29 is 4.74 Å². The molecule has 0 bridgehead atoms. The molecule has 0 amide bonds. The highest BCUT2D eigenvalue weighted by Crippen LogP contribution is 2.46. The molecule has 2 nitrogen and oxygen atoms in total. The third-order valence-electron chi connectivity index (χ3n) is 4.65. The first-order valence-electron chi connectivity index (χ1n) is 7.76. The average molecular weight is 277 g/mol. The van der Waals surface area contributed by atoms with Crippen molar-refractivity contribution in [2.75, 3.05) is 0 Å². The van der Waals surface area contributed by atoms with Crippen LogP contribution in [0.15, 0.2) is 65.7 Å². The number of nitrogens with zero attached hydrogens (tertiary/aromatic N) is 1. The van der Waals surface area contributed by atoms with Gasteiger partial charge < -0.3 is 4.74 Å². The van der Waals surface area contributed by atoms with Gasteiger partial charge >= 0.3 is 0 Å². The van der Waals surface area contributed by atoms with Crippen molar-refractivity contribution in [1.29, 1.82) is 0 Å². The number of hydrogen-bond donors (Lipinski definition) is 0. The average Bonchev–Trinajstić information content (AvgIpc) is 2.97. The van der Waals surface area contributed by atoms with Gasteiger partial charge in [0.1, 0.15) is 0 Å². The van der Waals surface area contributed by atoms with E-state index in [2.05, 4.69) is 42.5 Å². The molecule has 2 aromatic rings. The summed E-state index contributed by atoms with van der Waals surface area (Å²) in [6.45, 7) is 0. The third kappa shape index (κ3) is 2.06. The van der Waals surface area contributed by atoms with E-state index in [9.17, 15) is 0 Å². The first-order valence-corrected chi connectivity index (χ1v) is 7.76. The normalized spacial score (nSPS) is 27.6. The van der Waals surface area contributed by atoms with Crippen molar-refractivity contribution in [3.63, 3.8) is 0 Å². The SMILES string of the molecule is c1ccc(C2=N[C@@H]3CCCC[C@]3(c3ccccc3)O2)cc1. The lowest BCUT2D eigenvalue weighted by Crippen LogP contribution is -2.40. The predicted octanol–water partition coefficient (Wildman–Crippen LogP) is 4.30. The van der Waals surface area contributed by atoms with Crippen molar-refractivity contribution in [2.45, 2.75) is 37.3 Å².